The molecular weight excluding hydrogens is 384 g/mol. The Morgan fingerprint density at radius 2 is 1.36 bits per heavy atom. The van der Waals surface area contributed by atoms with Gasteiger partial charge in [-0.15, -0.1) is 0 Å². The van der Waals surface area contributed by atoms with Gasteiger partial charge < -0.3 is 42.1 Å². The average molecular weight is 406 g/mol. The van der Waals surface area contributed by atoms with Gasteiger partial charge in [-0.1, -0.05) is 0 Å². The summed E-state index contributed by atoms with van der Waals surface area (Å²) in [5.74, 6) is -7.23. The van der Waals surface area contributed by atoms with E-state index >= 15 is 0 Å². The quantitative estimate of drug-likeness (QED) is 0.146. The monoisotopic (exact) mass is 406 g/mol. The van der Waals surface area contributed by atoms with Crippen LogP contribution in [0.15, 0.2) is 0 Å². The lowest BCUT2D eigenvalue weighted by molar-refractivity contribution is -0.142. The Kier molecular flexibility index (Phi) is 10.8. The Bertz CT molecular complexity index is 623. The molecule has 0 saturated carbocycles. The highest BCUT2D eigenvalue weighted by Gasteiger charge is 2.29. The summed E-state index contributed by atoms with van der Waals surface area (Å²) in [6.45, 7) is -1.75. The molecule has 0 aromatic heterocycles. The molecule has 14 heteroatoms. The lowest BCUT2D eigenvalue weighted by Crippen LogP contribution is -2.57. The first-order chi connectivity index (χ1) is 13.0. The molecule has 28 heavy (non-hydrogen) atoms. The molecule has 0 aliphatic heterocycles. The predicted octanol–water partition coefficient (Wildman–Crippen LogP) is -4.18. The van der Waals surface area contributed by atoms with E-state index in [2.05, 4.69) is 0 Å². The third-order valence-corrected chi connectivity index (χ3v) is 3.25. The number of nitrogens with one attached hydrogen (secondary N) is 3. The Labute approximate surface area is 158 Å². The number of hydrogen-bond donors (Lipinski definition) is 8. The second kappa shape index (κ2) is 12.2. The van der Waals surface area contributed by atoms with Crippen LogP contribution in [0.3, 0.4) is 0 Å². The highest BCUT2D eigenvalue weighted by molar-refractivity contribution is 5.95. The van der Waals surface area contributed by atoms with Gasteiger partial charge in [0.25, 0.3) is 0 Å². The summed E-state index contributed by atoms with van der Waals surface area (Å²) in [5.41, 5.74) is 5.47. The van der Waals surface area contributed by atoms with Crippen LogP contribution in [0.25, 0.3) is 0 Å². The van der Waals surface area contributed by atoms with Crippen LogP contribution < -0.4 is 21.7 Å². The molecule has 3 amide bonds. The van der Waals surface area contributed by atoms with Crippen molar-refractivity contribution in [2.24, 2.45) is 5.73 Å². The van der Waals surface area contributed by atoms with Crippen molar-refractivity contribution >= 4 is 35.6 Å². The lowest BCUT2D eigenvalue weighted by Gasteiger charge is -2.22. The van der Waals surface area contributed by atoms with Crippen molar-refractivity contribution in [1.82, 2.24) is 16.0 Å². The standard InChI is InChI=1S/C14H22N4O10/c15-6(1-2-9(20)21)12(26)18-8(5-19)14(28)17-7(3-10(22)23)13(27)16-4-11(24)25/h6-8,19H,1-5,15H2,(H,16,27)(H,17,28)(H,18,26)(H,20,21)(H,22,23)(H,24,25). The Morgan fingerprint density at radius 1 is 0.786 bits per heavy atom. The van der Waals surface area contributed by atoms with E-state index < -0.39 is 79.7 Å². The van der Waals surface area contributed by atoms with Crippen LogP contribution in [0.1, 0.15) is 19.3 Å². The minimum atomic E-state index is -1.67. The van der Waals surface area contributed by atoms with Crippen molar-refractivity contribution in [2.75, 3.05) is 13.2 Å². The maximum atomic E-state index is 12.1. The molecule has 0 aliphatic carbocycles. The number of amides is 3. The Hall–Kier alpha value is -3.26. The fraction of sp³-hybridized carbons (Fsp3) is 0.571. The summed E-state index contributed by atoms with van der Waals surface area (Å²) in [6.07, 6.45) is -1.53. The molecule has 0 spiro atoms. The van der Waals surface area contributed by atoms with E-state index in [0.29, 0.717) is 0 Å². The van der Waals surface area contributed by atoms with Crippen LogP contribution in [-0.4, -0.2) is 87.3 Å². The van der Waals surface area contributed by atoms with Gasteiger partial charge >= 0.3 is 17.9 Å². The maximum Gasteiger partial charge on any atom is 0.322 e. The summed E-state index contributed by atoms with van der Waals surface area (Å²) < 4.78 is 0. The van der Waals surface area contributed by atoms with Crippen LogP contribution in [0.5, 0.6) is 0 Å². The zero-order valence-corrected chi connectivity index (χ0v) is 14.6. The minimum absolute atomic E-state index is 0.236. The van der Waals surface area contributed by atoms with Gasteiger partial charge in [-0.3, -0.25) is 28.8 Å². The molecule has 0 aromatic rings. The third kappa shape index (κ3) is 10.0. The number of carbonyl (C=O) groups excluding carboxylic acids is 3. The highest BCUT2D eigenvalue weighted by atomic mass is 16.4. The average Bonchev–Trinajstić information content (AvgIpc) is 2.60. The molecule has 158 valence electrons. The van der Waals surface area contributed by atoms with Crippen molar-refractivity contribution < 1.29 is 49.2 Å². The molecule has 0 heterocycles. The number of aliphatic hydroxyl groups excluding tert-OH is 1. The van der Waals surface area contributed by atoms with Gasteiger partial charge in [0.1, 0.15) is 18.6 Å². The number of aliphatic hydroxyl groups is 1. The van der Waals surface area contributed by atoms with E-state index in [1.807, 2.05) is 16.0 Å². The zero-order chi connectivity index (χ0) is 21.9. The largest absolute Gasteiger partial charge is 0.481 e. The van der Waals surface area contributed by atoms with Crippen LogP contribution in [0.2, 0.25) is 0 Å². The second-order valence-corrected chi connectivity index (χ2v) is 5.55. The van der Waals surface area contributed by atoms with Gasteiger partial charge in [-0.2, -0.15) is 0 Å². The fourth-order valence-electron chi connectivity index (χ4n) is 1.83. The maximum absolute atomic E-state index is 12.1. The van der Waals surface area contributed by atoms with Gasteiger partial charge in [0.05, 0.1) is 19.1 Å². The fourth-order valence-corrected chi connectivity index (χ4v) is 1.83. The number of carboxylic acids is 3. The van der Waals surface area contributed by atoms with E-state index in [9.17, 15) is 33.9 Å². The number of hydrogen-bond acceptors (Lipinski definition) is 8. The Morgan fingerprint density at radius 3 is 1.82 bits per heavy atom. The van der Waals surface area contributed by atoms with Crippen LogP contribution in [0, 0.1) is 0 Å². The summed E-state index contributed by atoms with van der Waals surface area (Å²) >= 11 is 0. The second-order valence-electron chi connectivity index (χ2n) is 5.55. The number of carboxylic acid groups (broad SMARTS) is 3. The first-order valence-electron chi connectivity index (χ1n) is 7.88. The van der Waals surface area contributed by atoms with Crippen molar-refractivity contribution in [3.63, 3.8) is 0 Å². The molecule has 14 nitrogen and oxygen atoms in total. The van der Waals surface area contributed by atoms with Crippen LogP contribution in [-0.2, 0) is 28.8 Å². The smallest absolute Gasteiger partial charge is 0.322 e. The molecule has 3 atom stereocenters. The lowest BCUT2D eigenvalue weighted by atomic mass is 10.1. The normalized spacial score (nSPS) is 13.5. The van der Waals surface area contributed by atoms with Crippen molar-refractivity contribution in [1.29, 1.82) is 0 Å². The van der Waals surface area contributed by atoms with E-state index in [1.165, 1.54) is 0 Å². The zero-order valence-electron chi connectivity index (χ0n) is 14.6. The van der Waals surface area contributed by atoms with Crippen molar-refractivity contribution in [3.05, 3.63) is 0 Å². The van der Waals surface area contributed by atoms with E-state index in [0.717, 1.165) is 0 Å². The number of nitrogens with two attached hydrogens (primary N) is 1. The molecule has 0 fully saturated rings. The SMILES string of the molecule is NC(CCC(=O)O)C(=O)NC(CO)C(=O)NC(CC(=O)O)C(=O)NCC(=O)O. The molecule has 0 saturated heterocycles. The van der Waals surface area contributed by atoms with Gasteiger partial charge in [-0.05, 0) is 6.42 Å². The first-order valence-corrected chi connectivity index (χ1v) is 7.88. The third-order valence-electron chi connectivity index (χ3n) is 3.25. The van der Waals surface area contributed by atoms with E-state index in [1.54, 1.807) is 0 Å². The van der Waals surface area contributed by atoms with Crippen molar-refractivity contribution in [2.45, 2.75) is 37.4 Å². The molecule has 9 N–H and O–H groups in total. The van der Waals surface area contributed by atoms with E-state index in [-0.39, 0.29) is 6.42 Å². The minimum Gasteiger partial charge on any atom is -0.481 e. The Balaban J connectivity index is 4.96. The molecule has 0 rings (SSSR count). The number of rotatable bonds is 13. The van der Waals surface area contributed by atoms with Crippen LogP contribution >= 0.6 is 0 Å². The summed E-state index contributed by atoms with van der Waals surface area (Å²) in [6, 6.07) is -4.56. The number of aliphatic carboxylic acids is 3. The first kappa shape index (κ1) is 24.7. The molecule has 0 aromatic carbocycles. The van der Waals surface area contributed by atoms with Gasteiger partial charge in [0.15, 0.2) is 0 Å². The highest BCUT2D eigenvalue weighted by Crippen LogP contribution is 1.98. The molecule has 0 bridgehead atoms. The van der Waals surface area contributed by atoms with Crippen molar-refractivity contribution in [3.8, 4) is 0 Å². The van der Waals surface area contributed by atoms with Crippen LogP contribution in [0.4, 0.5) is 0 Å². The predicted molar refractivity (Wildman–Crippen MR) is 88.7 cm³/mol. The molecular formula is C14H22N4O10. The number of carbonyl (C=O) groups is 6. The topological polar surface area (TPSA) is 245 Å². The van der Waals surface area contributed by atoms with E-state index in [4.69, 9.17) is 21.1 Å². The van der Waals surface area contributed by atoms with Gasteiger partial charge in [0, 0.05) is 6.42 Å². The van der Waals surface area contributed by atoms with Gasteiger partial charge in [-0.25, -0.2) is 0 Å². The summed E-state index contributed by atoms with van der Waals surface area (Å²) in [5, 5.41) is 41.0. The summed E-state index contributed by atoms with van der Waals surface area (Å²) in [7, 11) is 0. The summed E-state index contributed by atoms with van der Waals surface area (Å²) in [4.78, 5) is 67.6. The van der Waals surface area contributed by atoms with Gasteiger partial charge in [0.2, 0.25) is 17.7 Å². The molecule has 0 radical (unpaired) electrons. The molecule has 3 unspecified atom stereocenters. The molecule has 0 aliphatic rings.